The smallest absolute Gasteiger partial charge is 0.0133 e. The molecule has 0 N–H and O–H groups in total. The topological polar surface area (TPSA) is 0 Å². The van der Waals surface area contributed by atoms with Crippen LogP contribution in [0.25, 0.3) is 12.2 Å². The van der Waals surface area contributed by atoms with E-state index in [4.69, 9.17) is 0 Å². The van der Waals surface area contributed by atoms with Crippen LogP contribution >= 0.6 is 0 Å². The molecule has 1 aromatic carbocycles. The lowest BCUT2D eigenvalue weighted by atomic mass is 9.89. The van der Waals surface area contributed by atoms with E-state index in [0.29, 0.717) is 11.8 Å². The van der Waals surface area contributed by atoms with Gasteiger partial charge < -0.3 is 0 Å². The molecule has 0 heteroatoms. The largest absolute Gasteiger partial charge is 0.103 e. The van der Waals surface area contributed by atoms with E-state index in [9.17, 15) is 0 Å². The van der Waals surface area contributed by atoms with Gasteiger partial charge in [0.05, 0.1) is 0 Å². The highest BCUT2D eigenvalue weighted by Crippen LogP contribution is 2.48. The lowest BCUT2D eigenvalue weighted by Crippen LogP contribution is -2.08. The summed E-state index contributed by atoms with van der Waals surface area (Å²) in [4.78, 5) is 0. The second-order valence-electron chi connectivity index (χ2n) is 5.93. The third kappa shape index (κ3) is 2.43. The summed E-state index contributed by atoms with van der Waals surface area (Å²) in [5.41, 5.74) is 2.45. The average Bonchev–Trinajstić information content (AvgIpc) is 3.08. The molecule has 0 amide bonds. The lowest BCUT2D eigenvalue weighted by molar-refractivity contribution is 0.414. The zero-order valence-corrected chi connectivity index (χ0v) is 11.9. The van der Waals surface area contributed by atoms with Gasteiger partial charge in [-0.05, 0) is 47.6 Å². The maximum absolute atomic E-state index is 4.01. The first-order valence-corrected chi connectivity index (χ1v) is 7.51. The molecule has 3 rings (SSSR count). The highest BCUT2D eigenvalue weighted by Gasteiger charge is 2.40. The van der Waals surface area contributed by atoms with Crippen LogP contribution in [0.5, 0.6) is 0 Å². The van der Waals surface area contributed by atoms with Crippen molar-refractivity contribution in [3.8, 4) is 0 Å². The van der Waals surface area contributed by atoms with E-state index in [0.717, 1.165) is 11.8 Å². The second-order valence-corrected chi connectivity index (χ2v) is 5.93. The van der Waals surface area contributed by atoms with Gasteiger partial charge in [-0.2, -0.15) is 0 Å². The maximum atomic E-state index is 4.01. The summed E-state index contributed by atoms with van der Waals surface area (Å²) in [5.74, 6) is 2.88. The predicted octanol–water partition coefficient (Wildman–Crippen LogP) is 5.36. The van der Waals surface area contributed by atoms with Crippen molar-refractivity contribution in [1.82, 2.24) is 0 Å². The van der Waals surface area contributed by atoms with Gasteiger partial charge in [0.2, 0.25) is 0 Å². The molecule has 1 fully saturated rings. The van der Waals surface area contributed by atoms with Gasteiger partial charge in [0.1, 0.15) is 0 Å². The summed E-state index contributed by atoms with van der Waals surface area (Å²) in [6, 6.07) is 8.56. The maximum Gasteiger partial charge on any atom is -0.0133 e. The Morgan fingerprint density at radius 3 is 2.45 bits per heavy atom. The molecule has 0 saturated heterocycles. The first kappa shape index (κ1) is 13.2. The van der Waals surface area contributed by atoms with Crippen LogP contribution in [-0.2, 0) is 0 Å². The van der Waals surface area contributed by atoms with Crippen LogP contribution < -0.4 is 0 Å². The summed E-state index contributed by atoms with van der Waals surface area (Å²) in [6.07, 6.45) is 16.0. The van der Waals surface area contributed by atoms with Gasteiger partial charge >= 0.3 is 0 Å². The standard InChI is InChI=1S/C20H22/c1-3-15-8-10-16(11-9-15)12-13-18-14-17(4-2)19-6-5-7-20(18)19/h3-5,7-13,17-20H,1-2,6,14H2/b13-12+. The van der Waals surface area contributed by atoms with Gasteiger partial charge in [-0.25, -0.2) is 0 Å². The van der Waals surface area contributed by atoms with Crippen LogP contribution in [0.15, 0.2) is 61.7 Å². The number of rotatable bonds is 4. The third-order valence-electron chi connectivity index (χ3n) is 4.86. The fourth-order valence-corrected chi connectivity index (χ4v) is 3.72. The molecule has 4 atom stereocenters. The SMILES string of the molecule is C=Cc1ccc(/C=C/C2CC(C=C)C3CC=CC23)cc1. The lowest BCUT2D eigenvalue weighted by Gasteiger charge is -2.15. The van der Waals surface area contributed by atoms with Crippen LogP contribution in [-0.4, -0.2) is 0 Å². The van der Waals surface area contributed by atoms with Gasteiger partial charge in [-0.1, -0.05) is 67.3 Å². The van der Waals surface area contributed by atoms with Crippen molar-refractivity contribution in [3.05, 3.63) is 72.9 Å². The molecule has 20 heavy (non-hydrogen) atoms. The Balaban J connectivity index is 1.73. The van der Waals surface area contributed by atoms with Crippen molar-refractivity contribution in [1.29, 1.82) is 0 Å². The van der Waals surface area contributed by atoms with Gasteiger partial charge in [-0.3, -0.25) is 0 Å². The van der Waals surface area contributed by atoms with Crippen LogP contribution in [0, 0.1) is 23.7 Å². The van der Waals surface area contributed by atoms with E-state index >= 15 is 0 Å². The van der Waals surface area contributed by atoms with E-state index in [-0.39, 0.29) is 0 Å². The molecule has 0 bridgehead atoms. The molecule has 4 unspecified atom stereocenters. The predicted molar refractivity (Wildman–Crippen MR) is 88.1 cm³/mol. The minimum absolute atomic E-state index is 0.667. The highest BCUT2D eigenvalue weighted by molar-refractivity contribution is 5.55. The van der Waals surface area contributed by atoms with Gasteiger partial charge in [0, 0.05) is 0 Å². The summed E-state index contributed by atoms with van der Waals surface area (Å²) in [6.45, 7) is 7.80. The molecule has 1 saturated carbocycles. The summed E-state index contributed by atoms with van der Waals surface area (Å²) < 4.78 is 0. The summed E-state index contributed by atoms with van der Waals surface area (Å²) in [7, 11) is 0. The zero-order valence-electron chi connectivity index (χ0n) is 11.9. The monoisotopic (exact) mass is 262 g/mol. The van der Waals surface area contributed by atoms with Crippen LogP contribution in [0.4, 0.5) is 0 Å². The van der Waals surface area contributed by atoms with Gasteiger partial charge in [-0.15, -0.1) is 6.58 Å². The Morgan fingerprint density at radius 2 is 1.75 bits per heavy atom. The van der Waals surface area contributed by atoms with Crippen LogP contribution in [0.1, 0.15) is 24.0 Å². The summed E-state index contributed by atoms with van der Waals surface area (Å²) in [5, 5.41) is 0. The second kappa shape index (κ2) is 5.66. The Kier molecular flexibility index (Phi) is 3.73. The van der Waals surface area contributed by atoms with Crippen LogP contribution in [0.3, 0.4) is 0 Å². The Labute approximate surface area is 122 Å². The Morgan fingerprint density at radius 1 is 1.00 bits per heavy atom. The van der Waals surface area contributed by atoms with E-state index < -0.39 is 0 Å². The molecule has 0 aromatic heterocycles. The normalized spacial score (nSPS) is 31.6. The van der Waals surface area contributed by atoms with Crippen molar-refractivity contribution in [3.63, 3.8) is 0 Å². The molecule has 1 aromatic rings. The third-order valence-corrected chi connectivity index (χ3v) is 4.86. The molecule has 2 aliphatic carbocycles. The number of fused-ring (bicyclic) bond motifs is 1. The molecule has 0 radical (unpaired) electrons. The molecule has 0 nitrogen and oxygen atoms in total. The van der Waals surface area contributed by atoms with Crippen molar-refractivity contribution in [2.24, 2.45) is 23.7 Å². The summed E-state index contributed by atoms with van der Waals surface area (Å²) >= 11 is 0. The Bertz CT molecular complexity index is 544. The minimum Gasteiger partial charge on any atom is -0.103 e. The number of benzene rings is 1. The van der Waals surface area contributed by atoms with Crippen molar-refractivity contribution in [2.45, 2.75) is 12.8 Å². The fraction of sp³-hybridized carbons (Fsp3) is 0.300. The minimum atomic E-state index is 0.667. The van der Waals surface area contributed by atoms with E-state index in [1.54, 1.807) is 0 Å². The molecule has 102 valence electrons. The van der Waals surface area contributed by atoms with Crippen molar-refractivity contribution in [2.75, 3.05) is 0 Å². The number of allylic oxidation sites excluding steroid dienone is 4. The van der Waals surface area contributed by atoms with Crippen molar-refractivity contribution < 1.29 is 0 Å². The van der Waals surface area contributed by atoms with E-state index in [2.05, 4.69) is 67.8 Å². The molecule has 0 heterocycles. The molecular formula is C20H22. The van der Waals surface area contributed by atoms with Crippen LogP contribution in [0.2, 0.25) is 0 Å². The Hall–Kier alpha value is -1.82. The molecule has 0 spiro atoms. The first-order valence-electron chi connectivity index (χ1n) is 7.51. The fourth-order valence-electron chi connectivity index (χ4n) is 3.72. The molecule has 0 aliphatic heterocycles. The van der Waals surface area contributed by atoms with E-state index in [1.807, 2.05) is 6.08 Å². The first-order chi connectivity index (χ1) is 9.81. The van der Waals surface area contributed by atoms with Crippen molar-refractivity contribution >= 4 is 12.2 Å². The number of hydrogen-bond donors (Lipinski definition) is 0. The average molecular weight is 262 g/mol. The molecule has 2 aliphatic rings. The highest BCUT2D eigenvalue weighted by atomic mass is 14.4. The quantitative estimate of drug-likeness (QED) is 0.641. The zero-order chi connectivity index (χ0) is 13.9. The number of hydrogen-bond acceptors (Lipinski definition) is 0. The molecular weight excluding hydrogens is 240 g/mol. The van der Waals surface area contributed by atoms with Gasteiger partial charge in [0.25, 0.3) is 0 Å². The van der Waals surface area contributed by atoms with Gasteiger partial charge in [0.15, 0.2) is 0 Å². The van der Waals surface area contributed by atoms with E-state index in [1.165, 1.54) is 24.0 Å².